The van der Waals surface area contributed by atoms with Gasteiger partial charge >= 0.3 is 0 Å². The fourth-order valence-electron chi connectivity index (χ4n) is 1.77. The molecule has 2 unspecified atom stereocenters. The largest absolute Gasteiger partial charge is 0.384 e. The molecule has 0 fully saturated rings. The lowest BCUT2D eigenvalue weighted by Gasteiger charge is -2.15. The maximum Gasteiger partial charge on any atom is 0.222 e. The third-order valence-electron chi connectivity index (χ3n) is 2.82. The summed E-state index contributed by atoms with van der Waals surface area (Å²) in [6.45, 7) is 4.55. The van der Waals surface area contributed by atoms with Crippen molar-refractivity contribution < 1.29 is 9.53 Å². The predicted molar refractivity (Wildman–Crippen MR) is 83.9 cm³/mol. The number of carbonyl (C=O) groups is 1. The Bertz CT molecular complexity index is 407. The summed E-state index contributed by atoms with van der Waals surface area (Å²) in [5.74, 6) is 0.933. The summed E-state index contributed by atoms with van der Waals surface area (Å²) in [7, 11) is 1.70. The van der Waals surface area contributed by atoms with Crippen molar-refractivity contribution in [2.45, 2.75) is 37.2 Å². The van der Waals surface area contributed by atoms with Crippen LogP contribution in [0.2, 0.25) is 0 Å². The van der Waals surface area contributed by atoms with Crippen molar-refractivity contribution in [3.05, 3.63) is 29.8 Å². The van der Waals surface area contributed by atoms with E-state index in [4.69, 9.17) is 10.5 Å². The van der Waals surface area contributed by atoms with Crippen molar-refractivity contribution in [1.82, 2.24) is 5.32 Å². The summed E-state index contributed by atoms with van der Waals surface area (Å²) in [4.78, 5) is 12.9. The number of nitrogens with one attached hydrogen (secondary N) is 1. The Balaban J connectivity index is 2.48. The molecule has 1 rings (SSSR count). The first-order valence-electron chi connectivity index (χ1n) is 6.79. The van der Waals surface area contributed by atoms with E-state index in [-0.39, 0.29) is 18.0 Å². The van der Waals surface area contributed by atoms with Crippen molar-refractivity contribution in [3.63, 3.8) is 0 Å². The van der Waals surface area contributed by atoms with E-state index in [2.05, 4.69) is 17.4 Å². The number of hydrogen-bond acceptors (Lipinski definition) is 4. The highest BCUT2D eigenvalue weighted by Crippen LogP contribution is 2.21. The van der Waals surface area contributed by atoms with Crippen LogP contribution in [0, 0.1) is 0 Å². The maximum atomic E-state index is 11.7. The lowest BCUT2D eigenvalue weighted by Crippen LogP contribution is -2.31. The fraction of sp³-hybridized carbons (Fsp3) is 0.533. The first-order valence-corrected chi connectivity index (χ1v) is 7.78. The lowest BCUT2D eigenvalue weighted by molar-refractivity contribution is -0.122. The molecule has 112 valence electrons. The van der Waals surface area contributed by atoms with Gasteiger partial charge in [0.15, 0.2) is 0 Å². The van der Waals surface area contributed by atoms with Crippen LogP contribution in [0.15, 0.2) is 29.2 Å². The van der Waals surface area contributed by atoms with E-state index in [1.165, 1.54) is 4.90 Å². The summed E-state index contributed by atoms with van der Waals surface area (Å²) in [5, 5.41) is 2.95. The molecule has 0 saturated heterocycles. The van der Waals surface area contributed by atoms with Crippen molar-refractivity contribution >= 4 is 17.7 Å². The minimum Gasteiger partial charge on any atom is -0.384 e. The Morgan fingerprint density at radius 2 is 2.00 bits per heavy atom. The SMILES string of the molecule is COCCSc1ccc(C(C)NC(=O)CC(C)N)cc1. The highest BCUT2D eigenvalue weighted by Gasteiger charge is 2.10. The van der Waals surface area contributed by atoms with Crippen LogP contribution in [-0.4, -0.2) is 31.4 Å². The van der Waals surface area contributed by atoms with Crippen LogP contribution in [0.1, 0.15) is 31.9 Å². The molecule has 0 aliphatic rings. The number of thioether (sulfide) groups is 1. The predicted octanol–water partition coefficient (Wildman–Crippen LogP) is 2.34. The van der Waals surface area contributed by atoms with Gasteiger partial charge in [0.05, 0.1) is 12.6 Å². The molecule has 0 spiro atoms. The monoisotopic (exact) mass is 296 g/mol. The molecule has 4 nitrogen and oxygen atoms in total. The van der Waals surface area contributed by atoms with E-state index in [1.54, 1.807) is 18.9 Å². The molecule has 20 heavy (non-hydrogen) atoms. The molecule has 0 saturated carbocycles. The molecule has 2 atom stereocenters. The Labute approximate surface area is 125 Å². The number of carbonyl (C=O) groups excluding carboxylic acids is 1. The molecule has 0 heterocycles. The molecule has 3 N–H and O–H groups in total. The molecule has 1 aromatic rings. The van der Waals surface area contributed by atoms with Crippen LogP contribution in [0.5, 0.6) is 0 Å². The molecule has 0 radical (unpaired) electrons. The smallest absolute Gasteiger partial charge is 0.222 e. The highest BCUT2D eigenvalue weighted by atomic mass is 32.2. The van der Waals surface area contributed by atoms with Gasteiger partial charge < -0.3 is 15.8 Å². The van der Waals surface area contributed by atoms with Gasteiger partial charge in [0.2, 0.25) is 5.91 Å². The van der Waals surface area contributed by atoms with Gasteiger partial charge in [-0.05, 0) is 31.5 Å². The van der Waals surface area contributed by atoms with Crippen LogP contribution < -0.4 is 11.1 Å². The number of methoxy groups -OCH3 is 1. The molecule has 0 aliphatic heterocycles. The van der Waals surface area contributed by atoms with E-state index in [0.29, 0.717) is 6.42 Å². The second kappa shape index (κ2) is 9.00. The number of hydrogen-bond donors (Lipinski definition) is 2. The summed E-state index contributed by atoms with van der Waals surface area (Å²) < 4.78 is 5.02. The summed E-state index contributed by atoms with van der Waals surface area (Å²) in [6.07, 6.45) is 0.356. The standard InChI is InChI=1S/C15H24N2O2S/c1-11(16)10-15(18)17-12(2)13-4-6-14(7-5-13)20-9-8-19-3/h4-7,11-12H,8-10,16H2,1-3H3,(H,17,18). The molecule has 0 aliphatic carbocycles. The van der Waals surface area contributed by atoms with Gasteiger partial charge in [0.1, 0.15) is 0 Å². The van der Waals surface area contributed by atoms with Crippen LogP contribution >= 0.6 is 11.8 Å². The zero-order chi connectivity index (χ0) is 15.0. The van der Waals surface area contributed by atoms with Gasteiger partial charge in [-0.25, -0.2) is 0 Å². The summed E-state index contributed by atoms with van der Waals surface area (Å²) in [5.41, 5.74) is 6.71. The Morgan fingerprint density at radius 3 is 2.55 bits per heavy atom. The molecule has 5 heteroatoms. The van der Waals surface area contributed by atoms with Crippen molar-refractivity contribution in [2.24, 2.45) is 5.73 Å². The van der Waals surface area contributed by atoms with Gasteiger partial charge in [0, 0.05) is 30.2 Å². The van der Waals surface area contributed by atoms with Crippen LogP contribution in [0.4, 0.5) is 0 Å². The van der Waals surface area contributed by atoms with Gasteiger partial charge in [-0.3, -0.25) is 4.79 Å². The molecule has 0 bridgehead atoms. The third-order valence-corrected chi connectivity index (χ3v) is 3.80. The second-order valence-electron chi connectivity index (χ2n) is 4.88. The first kappa shape index (κ1) is 17.0. The molecule has 0 aromatic heterocycles. The summed E-state index contributed by atoms with van der Waals surface area (Å²) in [6, 6.07) is 8.13. The number of rotatable bonds is 8. The lowest BCUT2D eigenvalue weighted by atomic mass is 10.1. The van der Waals surface area contributed by atoms with Crippen LogP contribution in [0.3, 0.4) is 0 Å². The normalized spacial score (nSPS) is 13.8. The van der Waals surface area contributed by atoms with Crippen LogP contribution in [0.25, 0.3) is 0 Å². The Hall–Kier alpha value is -1.04. The zero-order valence-electron chi connectivity index (χ0n) is 12.4. The van der Waals surface area contributed by atoms with Gasteiger partial charge in [-0.1, -0.05) is 12.1 Å². The molecule has 1 amide bonds. The zero-order valence-corrected chi connectivity index (χ0v) is 13.2. The number of nitrogens with two attached hydrogens (primary N) is 1. The van der Waals surface area contributed by atoms with E-state index in [9.17, 15) is 4.79 Å². The second-order valence-corrected chi connectivity index (χ2v) is 6.05. The first-order chi connectivity index (χ1) is 9.52. The third kappa shape index (κ3) is 6.41. The number of ether oxygens (including phenoxy) is 1. The van der Waals surface area contributed by atoms with E-state index >= 15 is 0 Å². The van der Waals surface area contributed by atoms with Crippen molar-refractivity contribution in [3.8, 4) is 0 Å². The van der Waals surface area contributed by atoms with Crippen molar-refractivity contribution in [2.75, 3.05) is 19.5 Å². The fourth-order valence-corrected chi connectivity index (χ4v) is 2.59. The average molecular weight is 296 g/mol. The van der Waals surface area contributed by atoms with E-state index < -0.39 is 0 Å². The Kier molecular flexibility index (Phi) is 7.65. The van der Waals surface area contributed by atoms with E-state index in [0.717, 1.165) is 17.9 Å². The number of amides is 1. The van der Waals surface area contributed by atoms with Gasteiger partial charge in [0.25, 0.3) is 0 Å². The maximum absolute atomic E-state index is 11.7. The summed E-state index contributed by atoms with van der Waals surface area (Å²) >= 11 is 1.76. The molecule has 1 aromatic carbocycles. The minimum absolute atomic E-state index is 0.000671. The van der Waals surface area contributed by atoms with E-state index in [1.807, 2.05) is 26.0 Å². The van der Waals surface area contributed by atoms with Crippen LogP contribution in [-0.2, 0) is 9.53 Å². The van der Waals surface area contributed by atoms with Gasteiger partial charge in [-0.2, -0.15) is 0 Å². The highest BCUT2D eigenvalue weighted by molar-refractivity contribution is 7.99. The van der Waals surface area contributed by atoms with Gasteiger partial charge in [-0.15, -0.1) is 11.8 Å². The number of benzene rings is 1. The molecular formula is C15H24N2O2S. The quantitative estimate of drug-likeness (QED) is 0.571. The minimum atomic E-state index is -0.109. The van der Waals surface area contributed by atoms with Crippen molar-refractivity contribution in [1.29, 1.82) is 0 Å². The average Bonchev–Trinajstić information content (AvgIpc) is 2.38. The molecular weight excluding hydrogens is 272 g/mol. The topological polar surface area (TPSA) is 64.3 Å². The Morgan fingerprint density at radius 1 is 1.35 bits per heavy atom.